The SMILES string of the molecule is Cc1cccc(OCC(=O)NNC(=O)COc2ccc(C(C)(C)C)cc2)c1. The fraction of sp³-hybridized carbons (Fsp3) is 0.333. The van der Waals surface area contributed by atoms with Crippen molar-refractivity contribution in [3.05, 3.63) is 59.7 Å². The number of nitrogens with one attached hydrogen (secondary N) is 2. The number of hydrogen-bond donors (Lipinski definition) is 2. The van der Waals surface area contributed by atoms with E-state index in [4.69, 9.17) is 9.47 Å². The topological polar surface area (TPSA) is 76.7 Å². The Kier molecular flexibility index (Phi) is 6.82. The predicted molar refractivity (Wildman–Crippen MR) is 104 cm³/mol. The highest BCUT2D eigenvalue weighted by molar-refractivity contribution is 5.83. The maximum atomic E-state index is 11.8. The molecule has 0 spiro atoms. The normalized spacial score (nSPS) is 10.8. The van der Waals surface area contributed by atoms with Crippen LogP contribution >= 0.6 is 0 Å². The molecule has 2 amide bonds. The second-order valence-electron chi connectivity index (χ2n) is 7.26. The number of carbonyl (C=O) groups is 2. The monoisotopic (exact) mass is 370 g/mol. The van der Waals surface area contributed by atoms with E-state index in [-0.39, 0.29) is 18.6 Å². The van der Waals surface area contributed by atoms with Gasteiger partial charge in [0, 0.05) is 0 Å². The Bertz CT molecular complexity index is 780. The van der Waals surface area contributed by atoms with Gasteiger partial charge >= 0.3 is 0 Å². The van der Waals surface area contributed by atoms with Gasteiger partial charge in [0.25, 0.3) is 11.8 Å². The van der Waals surface area contributed by atoms with Gasteiger partial charge in [-0.1, -0.05) is 45.0 Å². The van der Waals surface area contributed by atoms with E-state index >= 15 is 0 Å². The van der Waals surface area contributed by atoms with E-state index in [1.54, 1.807) is 6.07 Å². The molecule has 6 heteroatoms. The third kappa shape index (κ3) is 7.01. The highest BCUT2D eigenvalue weighted by Gasteiger charge is 2.13. The van der Waals surface area contributed by atoms with E-state index < -0.39 is 11.8 Å². The first kappa shape index (κ1) is 20.3. The minimum absolute atomic E-state index is 0.0563. The lowest BCUT2D eigenvalue weighted by Crippen LogP contribution is -2.45. The number of ether oxygens (including phenoxy) is 2. The van der Waals surface area contributed by atoms with Crippen LogP contribution in [0.15, 0.2) is 48.5 Å². The molecule has 0 aliphatic rings. The number of aryl methyl sites for hydroxylation is 1. The second kappa shape index (κ2) is 9.07. The second-order valence-corrected chi connectivity index (χ2v) is 7.26. The number of hydrazine groups is 1. The maximum absolute atomic E-state index is 11.8. The molecule has 2 rings (SSSR count). The van der Waals surface area contributed by atoms with E-state index in [9.17, 15) is 9.59 Å². The molecule has 0 aromatic heterocycles. The van der Waals surface area contributed by atoms with Crippen molar-refractivity contribution in [2.24, 2.45) is 0 Å². The molecule has 6 nitrogen and oxygen atoms in total. The molecular formula is C21H26N2O4. The Balaban J connectivity index is 1.69. The lowest BCUT2D eigenvalue weighted by atomic mass is 9.87. The van der Waals surface area contributed by atoms with E-state index in [2.05, 4.69) is 31.6 Å². The van der Waals surface area contributed by atoms with E-state index in [0.717, 1.165) is 5.56 Å². The van der Waals surface area contributed by atoms with Crippen molar-refractivity contribution in [2.75, 3.05) is 13.2 Å². The van der Waals surface area contributed by atoms with E-state index in [1.807, 2.05) is 49.4 Å². The number of rotatable bonds is 6. The molecule has 2 aromatic carbocycles. The molecule has 0 atom stereocenters. The van der Waals surface area contributed by atoms with Gasteiger partial charge in [0.15, 0.2) is 13.2 Å². The Labute approximate surface area is 159 Å². The highest BCUT2D eigenvalue weighted by Crippen LogP contribution is 2.24. The quantitative estimate of drug-likeness (QED) is 0.767. The third-order valence-corrected chi connectivity index (χ3v) is 3.79. The summed E-state index contributed by atoms with van der Waals surface area (Å²) < 4.78 is 10.8. The van der Waals surface area contributed by atoms with Crippen LogP contribution in [0.4, 0.5) is 0 Å². The maximum Gasteiger partial charge on any atom is 0.276 e. The minimum atomic E-state index is -0.459. The molecule has 0 heterocycles. The van der Waals surface area contributed by atoms with Crippen molar-refractivity contribution in [1.82, 2.24) is 10.9 Å². The van der Waals surface area contributed by atoms with Crippen molar-refractivity contribution in [3.8, 4) is 11.5 Å². The standard InChI is InChI=1S/C21H26N2O4/c1-15-6-5-7-18(12-15)27-14-20(25)23-22-19(24)13-26-17-10-8-16(9-11-17)21(2,3)4/h5-12H,13-14H2,1-4H3,(H,22,24)(H,23,25). The summed E-state index contributed by atoms with van der Waals surface area (Å²) in [4.78, 5) is 23.5. The zero-order valence-corrected chi connectivity index (χ0v) is 16.2. The average Bonchev–Trinajstić information content (AvgIpc) is 2.62. The van der Waals surface area contributed by atoms with Crippen LogP contribution in [0.2, 0.25) is 0 Å². The van der Waals surface area contributed by atoms with Gasteiger partial charge in [-0.25, -0.2) is 0 Å². The van der Waals surface area contributed by atoms with Crippen molar-refractivity contribution >= 4 is 11.8 Å². The minimum Gasteiger partial charge on any atom is -0.484 e. The summed E-state index contributed by atoms with van der Waals surface area (Å²) in [7, 11) is 0. The lowest BCUT2D eigenvalue weighted by Gasteiger charge is -2.19. The molecule has 0 bridgehead atoms. The summed E-state index contributed by atoms with van der Waals surface area (Å²) in [6.45, 7) is 7.92. The van der Waals surface area contributed by atoms with E-state index in [0.29, 0.717) is 11.5 Å². The zero-order chi connectivity index (χ0) is 19.9. The summed E-state index contributed by atoms with van der Waals surface area (Å²) in [5.41, 5.74) is 6.85. The molecule has 0 aliphatic carbocycles. The molecule has 2 aromatic rings. The Hall–Kier alpha value is -3.02. The average molecular weight is 370 g/mol. The van der Waals surface area contributed by atoms with Crippen molar-refractivity contribution in [3.63, 3.8) is 0 Å². The van der Waals surface area contributed by atoms with Gasteiger partial charge in [0.1, 0.15) is 11.5 Å². The number of carbonyl (C=O) groups excluding carboxylic acids is 2. The van der Waals surface area contributed by atoms with Gasteiger partial charge in [-0.05, 0) is 47.7 Å². The van der Waals surface area contributed by atoms with Crippen LogP contribution in [0.25, 0.3) is 0 Å². The molecule has 2 N–H and O–H groups in total. The molecular weight excluding hydrogens is 344 g/mol. The third-order valence-electron chi connectivity index (χ3n) is 3.79. The lowest BCUT2D eigenvalue weighted by molar-refractivity contribution is -0.131. The Morgan fingerprint density at radius 3 is 1.93 bits per heavy atom. The van der Waals surface area contributed by atoms with E-state index in [1.165, 1.54) is 5.56 Å². The van der Waals surface area contributed by atoms with Crippen molar-refractivity contribution in [1.29, 1.82) is 0 Å². The van der Waals surface area contributed by atoms with Gasteiger partial charge in [-0.3, -0.25) is 20.4 Å². The molecule has 0 saturated carbocycles. The Morgan fingerprint density at radius 2 is 1.41 bits per heavy atom. The van der Waals surface area contributed by atoms with Crippen molar-refractivity contribution in [2.45, 2.75) is 33.1 Å². The summed E-state index contributed by atoms with van der Waals surface area (Å²) in [5, 5.41) is 0. The molecule has 0 radical (unpaired) electrons. The highest BCUT2D eigenvalue weighted by atomic mass is 16.5. The van der Waals surface area contributed by atoms with Gasteiger partial charge < -0.3 is 9.47 Å². The van der Waals surface area contributed by atoms with Gasteiger partial charge in [-0.2, -0.15) is 0 Å². The molecule has 0 unspecified atom stereocenters. The number of hydrogen-bond acceptors (Lipinski definition) is 4. The number of benzene rings is 2. The van der Waals surface area contributed by atoms with Crippen LogP contribution in [0.3, 0.4) is 0 Å². The van der Waals surface area contributed by atoms with Gasteiger partial charge in [0.05, 0.1) is 0 Å². The fourth-order valence-corrected chi connectivity index (χ4v) is 2.27. The van der Waals surface area contributed by atoms with Crippen LogP contribution in [0.1, 0.15) is 31.9 Å². The summed E-state index contributed by atoms with van der Waals surface area (Å²) >= 11 is 0. The zero-order valence-electron chi connectivity index (χ0n) is 16.2. The Morgan fingerprint density at radius 1 is 0.852 bits per heavy atom. The number of amides is 2. The molecule has 0 saturated heterocycles. The van der Waals surface area contributed by atoms with Crippen LogP contribution in [-0.2, 0) is 15.0 Å². The van der Waals surface area contributed by atoms with Crippen LogP contribution in [0.5, 0.6) is 11.5 Å². The molecule has 0 fully saturated rings. The molecule has 0 aliphatic heterocycles. The smallest absolute Gasteiger partial charge is 0.276 e. The van der Waals surface area contributed by atoms with Crippen LogP contribution in [-0.4, -0.2) is 25.0 Å². The first-order valence-electron chi connectivity index (χ1n) is 8.74. The summed E-state index contributed by atoms with van der Waals surface area (Å²) in [6, 6.07) is 14.9. The molecule has 27 heavy (non-hydrogen) atoms. The first-order valence-corrected chi connectivity index (χ1v) is 8.74. The fourth-order valence-electron chi connectivity index (χ4n) is 2.27. The summed E-state index contributed by atoms with van der Waals surface area (Å²) in [5.74, 6) is 0.268. The first-order chi connectivity index (χ1) is 12.7. The van der Waals surface area contributed by atoms with Gasteiger partial charge in [0.2, 0.25) is 0 Å². The summed E-state index contributed by atoms with van der Waals surface area (Å²) in [6.07, 6.45) is 0. The van der Waals surface area contributed by atoms with Gasteiger partial charge in [-0.15, -0.1) is 0 Å². The molecule has 144 valence electrons. The predicted octanol–water partition coefficient (Wildman–Crippen LogP) is 2.90. The van der Waals surface area contributed by atoms with Crippen molar-refractivity contribution < 1.29 is 19.1 Å². The van der Waals surface area contributed by atoms with Crippen LogP contribution in [0, 0.1) is 6.92 Å². The largest absolute Gasteiger partial charge is 0.484 e. The van der Waals surface area contributed by atoms with Crippen LogP contribution < -0.4 is 20.3 Å².